The summed E-state index contributed by atoms with van der Waals surface area (Å²) in [7, 11) is 1.34. The SMILES string of the molecule is CCCCC(CC)C(=O)c1cc(F)c(F)cc1OC. The molecule has 0 bridgehead atoms. The quantitative estimate of drug-likeness (QED) is 0.687. The van der Waals surface area contributed by atoms with E-state index in [2.05, 4.69) is 6.92 Å². The summed E-state index contributed by atoms with van der Waals surface area (Å²) in [5.41, 5.74) is 0.129. The number of hydrogen-bond donors (Lipinski definition) is 0. The highest BCUT2D eigenvalue weighted by Gasteiger charge is 2.23. The second-order valence-corrected chi connectivity index (χ2v) is 4.58. The van der Waals surface area contributed by atoms with Crippen LogP contribution in [0.3, 0.4) is 0 Å². The zero-order chi connectivity index (χ0) is 14.4. The Morgan fingerprint density at radius 3 is 2.42 bits per heavy atom. The molecule has 4 heteroatoms. The molecule has 0 saturated carbocycles. The lowest BCUT2D eigenvalue weighted by molar-refractivity contribution is 0.0904. The Kier molecular flexibility index (Phi) is 5.93. The van der Waals surface area contributed by atoms with Gasteiger partial charge >= 0.3 is 0 Å². The zero-order valence-electron chi connectivity index (χ0n) is 11.6. The third-order valence-electron chi connectivity index (χ3n) is 3.28. The molecule has 1 aromatic rings. The highest BCUT2D eigenvalue weighted by molar-refractivity contribution is 6.00. The molecule has 0 N–H and O–H groups in total. The van der Waals surface area contributed by atoms with Crippen LogP contribution in [-0.2, 0) is 0 Å². The molecule has 1 atom stereocenters. The average molecular weight is 270 g/mol. The molecule has 2 nitrogen and oxygen atoms in total. The van der Waals surface area contributed by atoms with Gasteiger partial charge in [0.2, 0.25) is 0 Å². The van der Waals surface area contributed by atoms with Crippen molar-refractivity contribution in [2.45, 2.75) is 39.5 Å². The van der Waals surface area contributed by atoms with Gasteiger partial charge in [-0.25, -0.2) is 8.78 Å². The number of benzene rings is 1. The molecule has 0 amide bonds. The predicted octanol–water partition coefficient (Wildman–Crippen LogP) is 4.37. The fourth-order valence-electron chi connectivity index (χ4n) is 2.08. The Morgan fingerprint density at radius 1 is 1.26 bits per heavy atom. The van der Waals surface area contributed by atoms with Crippen molar-refractivity contribution in [3.05, 3.63) is 29.3 Å². The van der Waals surface area contributed by atoms with Crippen LogP contribution in [0.25, 0.3) is 0 Å². The first-order valence-electron chi connectivity index (χ1n) is 6.62. The molecule has 0 aliphatic heterocycles. The van der Waals surface area contributed by atoms with Crippen molar-refractivity contribution in [3.8, 4) is 5.75 Å². The van der Waals surface area contributed by atoms with Crippen LogP contribution >= 0.6 is 0 Å². The number of ether oxygens (including phenoxy) is 1. The molecule has 0 aliphatic rings. The Bertz CT molecular complexity index is 444. The molecule has 0 spiro atoms. The normalized spacial score (nSPS) is 12.3. The van der Waals surface area contributed by atoms with Gasteiger partial charge in [-0.3, -0.25) is 4.79 Å². The van der Waals surface area contributed by atoms with Crippen LogP contribution in [0.5, 0.6) is 5.75 Å². The molecule has 0 fully saturated rings. The van der Waals surface area contributed by atoms with Crippen LogP contribution in [-0.4, -0.2) is 12.9 Å². The van der Waals surface area contributed by atoms with Crippen molar-refractivity contribution in [1.29, 1.82) is 0 Å². The second-order valence-electron chi connectivity index (χ2n) is 4.58. The molecule has 0 saturated heterocycles. The maximum absolute atomic E-state index is 13.3. The van der Waals surface area contributed by atoms with Crippen molar-refractivity contribution in [3.63, 3.8) is 0 Å². The Balaban J connectivity index is 3.06. The van der Waals surface area contributed by atoms with Crippen molar-refractivity contribution >= 4 is 5.78 Å². The largest absolute Gasteiger partial charge is 0.496 e. The molecule has 0 heterocycles. The third-order valence-corrected chi connectivity index (χ3v) is 3.28. The molecule has 1 aromatic carbocycles. The van der Waals surface area contributed by atoms with E-state index in [0.717, 1.165) is 31.4 Å². The van der Waals surface area contributed by atoms with Gasteiger partial charge in [0.25, 0.3) is 0 Å². The fourth-order valence-corrected chi connectivity index (χ4v) is 2.08. The van der Waals surface area contributed by atoms with Gasteiger partial charge in [-0.2, -0.15) is 0 Å². The van der Waals surface area contributed by atoms with E-state index < -0.39 is 11.6 Å². The molecule has 1 unspecified atom stereocenters. The number of carbonyl (C=O) groups is 1. The second kappa shape index (κ2) is 7.22. The van der Waals surface area contributed by atoms with E-state index >= 15 is 0 Å². The smallest absolute Gasteiger partial charge is 0.169 e. The number of Topliss-reactive ketones (excluding diaryl/α,β-unsaturated/α-hetero) is 1. The number of hydrogen-bond acceptors (Lipinski definition) is 2. The first-order chi connectivity index (χ1) is 9.04. The third kappa shape index (κ3) is 3.75. The number of halogens is 2. The highest BCUT2D eigenvalue weighted by Crippen LogP contribution is 2.27. The first kappa shape index (κ1) is 15.6. The van der Waals surface area contributed by atoms with Crippen LogP contribution in [0.1, 0.15) is 49.9 Å². The van der Waals surface area contributed by atoms with Crippen molar-refractivity contribution in [2.24, 2.45) is 5.92 Å². The fraction of sp³-hybridized carbons (Fsp3) is 0.533. The van der Waals surface area contributed by atoms with Crippen molar-refractivity contribution in [1.82, 2.24) is 0 Å². The van der Waals surface area contributed by atoms with E-state index in [0.29, 0.717) is 6.42 Å². The van der Waals surface area contributed by atoms with Gasteiger partial charge in [0.15, 0.2) is 17.4 Å². The molecule has 0 aliphatic carbocycles. The lowest BCUT2D eigenvalue weighted by Crippen LogP contribution is -2.15. The van der Waals surface area contributed by atoms with Crippen LogP contribution in [0, 0.1) is 17.6 Å². The minimum absolute atomic E-state index is 0.0962. The number of methoxy groups -OCH3 is 1. The van der Waals surface area contributed by atoms with Gasteiger partial charge in [-0.05, 0) is 18.9 Å². The van der Waals surface area contributed by atoms with Crippen LogP contribution < -0.4 is 4.74 Å². The van der Waals surface area contributed by atoms with E-state index in [4.69, 9.17) is 4.74 Å². The Morgan fingerprint density at radius 2 is 1.89 bits per heavy atom. The minimum Gasteiger partial charge on any atom is -0.496 e. The summed E-state index contributed by atoms with van der Waals surface area (Å²) in [6.45, 7) is 3.97. The summed E-state index contributed by atoms with van der Waals surface area (Å²) < 4.78 is 31.4. The number of ketones is 1. The molecule has 19 heavy (non-hydrogen) atoms. The van der Waals surface area contributed by atoms with Gasteiger partial charge < -0.3 is 4.74 Å². The summed E-state index contributed by atoms with van der Waals surface area (Å²) in [6.07, 6.45) is 3.38. The topological polar surface area (TPSA) is 26.3 Å². The average Bonchev–Trinajstić information content (AvgIpc) is 2.41. The number of rotatable bonds is 7. The Hall–Kier alpha value is -1.45. The van der Waals surface area contributed by atoms with Gasteiger partial charge in [0.1, 0.15) is 5.75 Å². The van der Waals surface area contributed by atoms with E-state index in [-0.39, 0.29) is 23.0 Å². The minimum atomic E-state index is -1.02. The number of carbonyl (C=O) groups excluding carboxylic acids is 1. The summed E-state index contributed by atoms with van der Waals surface area (Å²) in [5, 5.41) is 0. The Labute approximate surface area is 112 Å². The summed E-state index contributed by atoms with van der Waals surface area (Å²) in [6, 6.07) is 1.86. The van der Waals surface area contributed by atoms with Gasteiger partial charge in [-0.1, -0.05) is 26.7 Å². The monoisotopic (exact) mass is 270 g/mol. The summed E-state index contributed by atoms with van der Waals surface area (Å²) in [5.74, 6) is -2.27. The number of unbranched alkanes of at least 4 members (excludes halogenated alkanes) is 1. The maximum Gasteiger partial charge on any atom is 0.169 e. The lowest BCUT2D eigenvalue weighted by Gasteiger charge is -2.15. The predicted molar refractivity (Wildman–Crippen MR) is 70.5 cm³/mol. The van der Waals surface area contributed by atoms with Crippen molar-refractivity contribution < 1.29 is 18.3 Å². The van der Waals surface area contributed by atoms with Gasteiger partial charge in [0.05, 0.1) is 12.7 Å². The van der Waals surface area contributed by atoms with Crippen LogP contribution in [0.4, 0.5) is 8.78 Å². The zero-order valence-corrected chi connectivity index (χ0v) is 11.6. The van der Waals surface area contributed by atoms with Crippen molar-refractivity contribution in [2.75, 3.05) is 7.11 Å². The van der Waals surface area contributed by atoms with E-state index in [1.54, 1.807) is 0 Å². The van der Waals surface area contributed by atoms with Crippen LogP contribution in [0.15, 0.2) is 12.1 Å². The molecular weight excluding hydrogens is 250 g/mol. The van der Waals surface area contributed by atoms with Gasteiger partial charge in [-0.15, -0.1) is 0 Å². The molecule has 1 rings (SSSR count). The standard InChI is InChI=1S/C15H20F2O2/c1-4-6-7-10(5-2)15(18)11-8-12(16)13(17)9-14(11)19-3/h8-10H,4-7H2,1-3H3. The first-order valence-corrected chi connectivity index (χ1v) is 6.62. The highest BCUT2D eigenvalue weighted by atomic mass is 19.2. The van der Waals surface area contributed by atoms with E-state index in [1.807, 2.05) is 6.92 Å². The molecule has 0 aromatic heterocycles. The maximum atomic E-state index is 13.3. The van der Waals surface area contributed by atoms with Gasteiger partial charge in [0, 0.05) is 12.0 Å². The van der Waals surface area contributed by atoms with E-state index in [1.165, 1.54) is 7.11 Å². The molecule has 106 valence electrons. The molecule has 0 radical (unpaired) electrons. The lowest BCUT2D eigenvalue weighted by atomic mass is 9.90. The summed E-state index contributed by atoms with van der Waals surface area (Å²) >= 11 is 0. The molecular formula is C15H20F2O2. The summed E-state index contributed by atoms with van der Waals surface area (Å²) in [4.78, 5) is 12.4. The van der Waals surface area contributed by atoms with Crippen LogP contribution in [0.2, 0.25) is 0 Å². The van der Waals surface area contributed by atoms with E-state index in [9.17, 15) is 13.6 Å².